The highest BCUT2D eigenvalue weighted by molar-refractivity contribution is 5.97. The Morgan fingerprint density at radius 3 is 2.13 bits per heavy atom. The highest BCUT2D eigenvalue weighted by atomic mass is 16.3. The molecule has 272 valence electrons. The lowest BCUT2D eigenvalue weighted by molar-refractivity contribution is 0.477. The molecule has 0 saturated carbocycles. The van der Waals surface area contributed by atoms with E-state index in [2.05, 4.69) is 45.0 Å². The summed E-state index contributed by atoms with van der Waals surface area (Å²) in [5.41, 5.74) is 9.46. The van der Waals surface area contributed by atoms with Crippen LogP contribution in [0.4, 0.5) is 0 Å². The number of aromatic nitrogens is 3. The molecule has 8 rings (SSSR count). The Morgan fingerprint density at radius 1 is 0.655 bits per heavy atom. The molecule has 6 aromatic carbocycles. The number of phenolic OH excluding ortho intramolecular Hbond substituents is 1. The Labute approximate surface area is 334 Å². The Kier molecular flexibility index (Phi) is 7.28. The third-order valence-electron chi connectivity index (χ3n) is 10.3. The lowest BCUT2D eigenvalue weighted by atomic mass is 9.83. The molecule has 0 aliphatic rings. The Bertz CT molecular complexity index is 2950. The lowest BCUT2D eigenvalue weighted by Gasteiger charge is -2.22. The normalized spacial score (nSPS) is 14.3. The van der Waals surface area contributed by atoms with Gasteiger partial charge in [0.15, 0.2) is 0 Å². The standard InChI is InChI=1S/C51H47N3O/c1-32(2)35-20-22-36(23-21-35)38-24-25-52-46(30-38)40-27-39(28-41(29-40)51(5,6)7)43-17-13-18-47-49(43)53-50(44-16-11-12-19-48(44)55)54(47)42-26-33(3)34(4)45(31-42)37-14-9-8-10-15-37/h8-32,55H,1-7H3/i3D3,4D3,32D. The highest BCUT2D eigenvalue weighted by Gasteiger charge is 2.23. The van der Waals surface area contributed by atoms with Crippen molar-refractivity contribution >= 4 is 11.0 Å². The Balaban J connectivity index is 1.38. The quantitative estimate of drug-likeness (QED) is 0.178. The van der Waals surface area contributed by atoms with Gasteiger partial charge in [0.1, 0.15) is 11.6 Å². The SMILES string of the molecule is [2H]C([2H])([2H])c1cc(-n2c(-c3ccccc3O)nc3c(-c4cc(-c5cc(-c6ccc(C([2H])(C)C)cc6)ccn5)cc(C(C)(C)C)c4)cccc32)cc(-c2ccccc2)c1C([2H])([2H])[2H]. The van der Waals surface area contributed by atoms with Crippen molar-refractivity contribution in [3.63, 3.8) is 0 Å². The van der Waals surface area contributed by atoms with Gasteiger partial charge in [-0.25, -0.2) is 4.98 Å². The molecule has 55 heavy (non-hydrogen) atoms. The first-order chi connectivity index (χ1) is 29.2. The maximum atomic E-state index is 11.3. The number of nitrogens with zero attached hydrogens (tertiary/aromatic N) is 3. The Morgan fingerprint density at radius 2 is 1.40 bits per heavy atom. The molecule has 0 amide bonds. The number of phenols is 1. The molecule has 8 aromatic rings. The van der Waals surface area contributed by atoms with Crippen molar-refractivity contribution in [3.05, 3.63) is 168 Å². The van der Waals surface area contributed by atoms with Crippen LogP contribution in [-0.2, 0) is 5.41 Å². The fourth-order valence-electron chi connectivity index (χ4n) is 7.17. The van der Waals surface area contributed by atoms with Crippen LogP contribution in [0.15, 0.2) is 146 Å². The fourth-order valence-corrected chi connectivity index (χ4v) is 7.17. The molecule has 4 heteroatoms. The number of aryl methyl sites for hydroxylation is 1. The fraction of sp³-hybridized carbons (Fsp3) is 0.176. The van der Waals surface area contributed by atoms with Crippen molar-refractivity contribution < 1.29 is 14.7 Å². The molecule has 0 unspecified atom stereocenters. The summed E-state index contributed by atoms with van der Waals surface area (Å²) in [6, 6.07) is 43.3. The van der Waals surface area contributed by atoms with E-state index in [0.29, 0.717) is 33.7 Å². The number of imidazole rings is 1. The molecule has 0 aliphatic heterocycles. The summed E-state index contributed by atoms with van der Waals surface area (Å²) in [4.78, 5) is 10.1. The third kappa shape index (κ3) is 6.85. The number of aromatic hydroxyl groups is 1. The number of benzene rings is 6. The largest absolute Gasteiger partial charge is 0.507 e. The number of hydrogen-bond acceptors (Lipinski definition) is 3. The van der Waals surface area contributed by atoms with Gasteiger partial charge in [-0.2, -0.15) is 0 Å². The van der Waals surface area contributed by atoms with Gasteiger partial charge >= 0.3 is 0 Å². The second-order valence-corrected chi connectivity index (χ2v) is 15.3. The van der Waals surface area contributed by atoms with Crippen LogP contribution >= 0.6 is 0 Å². The molecule has 1 N–H and O–H groups in total. The average Bonchev–Trinajstić information content (AvgIpc) is 3.62. The molecule has 2 aromatic heterocycles. The molecule has 0 atom stereocenters. The summed E-state index contributed by atoms with van der Waals surface area (Å²) in [5, 5.41) is 11.3. The summed E-state index contributed by atoms with van der Waals surface area (Å²) in [7, 11) is 0. The zero-order valence-electron chi connectivity index (χ0n) is 38.6. The Hall–Kier alpha value is -6.26. The summed E-state index contributed by atoms with van der Waals surface area (Å²) < 4.78 is 61.7. The van der Waals surface area contributed by atoms with E-state index < -0.39 is 19.6 Å². The molecule has 0 saturated heterocycles. The first-order valence-electron chi connectivity index (χ1n) is 22.0. The maximum Gasteiger partial charge on any atom is 0.149 e. The summed E-state index contributed by atoms with van der Waals surface area (Å²) in [6.07, 6.45) is 1.81. The van der Waals surface area contributed by atoms with Gasteiger partial charge in [0.05, 0.1) is 22.3 Å². The van der Waals surface area contributed by atoms with Crippen molar-refractivity contribution in [1.29, 1.82) is 0 Å². The molecule has 0 aliphatic carbocycles. The molecule has 0 radical (unpaired) electrons. The molecular formula is C51H47N3O. The molecule has 0 fully saturated rings. The van der Waals surface area contributed by atoms with Crippen molar-refractivity contribution in [2.75, 3.05) is 0 Å². The van der Waals surface area contributed by atoms with Crippen LogP contribution in [0.2, 0.25) is 0 Å². The second-order valence-electron chi connectivity index (χ2n) is 15.3. The van der Waals surface area contributed by atoms with Crippen molar-refractivity contribution in [2.24, 2.45) is 0 Å². The summed E-state index contributed by atoms with van der Waals surface area (Å²) >= 11 is 0. The van der Waals surface area contributed by atoms with Gasteiger partial charge < -0.3 is 5.11 Å². The van der Waals surface area contributed by atoms with Crippen molar-refractivity contribution in [3.8, 4) is 67.5 Å². The van der Waals surface area contributed by atoms with E-state index in [-0.39, 0.29) is 27.9 Å². The number of pyridine rings is 1. The smallest absolute Gasteiger partial charge is 0.149 e. The highest BCUT2D eigenvalue weighted by Crippen LogP contribution is 2.41. The van der Waals surface area contributed by atoms with Gasteiger partial charge in [-0.1, -0.05) is 120 Å². The molecule has 0 spiro atoms. The topological polar surface area (TPSA) is 50.9 Å². The van der Waals surface area contributed by atoms with Gasteiger partial charge in [0.25, 0.3) is 0 Å². The van der Waals surface area contributed by atoms with Gasteiger partial charge in [0, 0.05) is 32.6 Å². The second kappa shape index (κ2) is 14.2. The number of fused-ring (bicyclic) bond motifs is 1. The number of para-hydroxylation sites is 2. The zero-order valence-corrected chi connectivity index (χ0v) is 31.6. The molecule has 4 nitrogen and oxygen atoms in total. The molecule has 0 bridgehead atoms. The minimum absolute atomic E-state index is 0.0231. The van der Waals surface area contributed by atoms with Crippen LogP contribution in [0.25, 0.3) is 72.7 Å². The van der Waals surface area contributed by atoms with Crippen LogP contribution < -0.4 is 0 Å². The predicted molar refractivity (Wildman–Crippen MR) is 230 cm³/mol. The van der Waals surface area contributed by atoms with Crippen molar-refractivity contribution in [2.45, 2.75) is 59.6 Å². The van der Waals surface area contributed by atoms with E-state index in [1.807, 2.05) is 79.2 Å². The van der Waals surface area contributed by atoms with E-state index in [0.717, 1.165) is 44.6 Å². The van der Waals surface area contributed by atoms with Crippen LogP contribution in [0, 0.1) is 13.7 Å². The molecular weight excluding hydrogens is 671 g/mol. The van der Waals surface area contributed by atoms with Gasteiger partial charge in [0.2, 0.25) is 0 Å². The zero-order chi connectivity index (χ0) is 44.4. The van der Waals surface area contributed by atoms with E-state index >= 15 is 0 Å². The monoisotopic (exact) mass is 724 g/mol. The minimum Gasteiger partial charge on any atom is -0.507 e. The van der Waals surface area contributed by atoms with Crippen LogP contribution in [0.1, 0.15) is 72.4 Å². The minimum atomic E-state index is -2.78. The van der Waals surface area contributed by atoms with Crippen LogP contribution in [-0.4, -0.2) is 19.6 Å². The predicted octanol–water partition coefficient (Wildman–Crippen LogP) is 13.5. The van der Waals surface area contributed by atoms with E-state index in [4.69, 9.17) is 19.6 Å². The first-order valence-corrected chi connectivity index (χ1v) is 18.5. The molecule has 2 heterocycles. The third-order valence-corrected chi connectivity index (χ3v) is 10.3. The summed E-state index contributed by atoms with van der Waals surface area (Å²) in [5.74, 6) is -0.378. The first kappa shape index (κ1) is 28.2. The average molecular weight is 725 g/mol. The van der Waals surface area contributed by atoms with E-state index in [1.165, 1.54) is 6.07 Å². The van der Waals surface area contributed by atoms with Crippen molar-refractivity contribution in [1.82, 2.24) is 14.5 Å². The lowest BCUT2D eigenvalue weighted by Crippen LogP contribution is -2.11. The van der Waals surface area contributed by atoms with E-state index in [9.17, 15) is 5.11 Å². The van der Waals surface area contributed by atoms with Gasteiger partial charge in [-0.15, -0.1) is 0 Å². The van der Waals surface area contributed by atoms with Gasteiger partial charge in [-0.3, -0.25) is 9.55 Å². The number of hydrogen-bond donors (Lipinski definition) is 1. The van der Waals surface area contributed by atoms with Gasteiger partial charge in [-0.05, 0) is 130 Å². The summed E-state index contributed by atoms with van der Waals surface area (Å²) in [6.45, 7) is 4.72. The number of rotatable bonds is 7. The maximum absolute atomic E-state index is 11.3. The van der Waals surface area contributed by atoms with E-state index in [1.54, 1.807) is 54.6 Å². The van der Waals surface area contributed by atoms with Crippen LogP contribution in [0.5, 0.6) is 5.75 Å². The van der Waals surface area contributed by atoms with Crippen LogP contribution in [0.3, 0.4) is 0 Å².